The minimum absolute atomic E-state index is 0.000564. The molecule has 8 nitrogen and oxygen atoms in total. The van der Waals surface area contributed by atoms with Gasteiger partial charge in [0.2, 0.25) is 5.91 Å². The topological polar surface area (TPSA) is 105 Å². The lowest BCUT2D eigenvalue weighted by atomic mass is 9.47. The van der Waals surface area contributed by atoms with E-state index < -0.39 is 28.9 Å². The molecule has 2 bridgehead atoms. The largest absolute Gasteiger partial charge is 0.497 e. The zero-order chi connectivity index (χ0) is 25.0. The zero-order valence-electron chi connectivity index (χ0n) is 20.8. The van der Waals surface area contributed by atoms with Gasteiger partial charge in [-0.3, -0.25) is 14.5 Å². The van der Waals surface area contributed by atoms with Crippen molar-refractivity contribution >= 4 is 17.7 Å². The van der Waals surface area contributed by atoms with Gasteiger partial charge in [0.15, 0.2) is 0 Å². The molecule has 1 aromatic rings. The van der Waals surface area contributed by atoms with Crippen molar-refractivity contribution in [1.82, 2.24) is 10.2 Å². The number of nitrogens with zero attached hydrogens (tertiary/aromatic N) is 1. The predicted molar refractivity (Wildman–Crippen MR) is 128 cm³/mol. The van der Waals surface area contributed by atoms with Crippen LogP contribution in [0.25, 0.3) is 0 Å². The molecule has 8 heteroatoms. The molecule has 5 rings (SSSR count). The number of aliphatic hydroxyl groups is 1. The summed E-state index contributed by atoms with van der Waals surface area (Å²) in [5.41, 5.74) is 0.407. The van der Waals surface area contributed by atoms with Gasteiger partial charge in [0.25, 0.3) is 0 Å². The highest BCUT2D eigenvalue weighted by Gasteiger charge is 2.66. The quantitative estimate of drug-likeness (QED) is 0.568. The standard InChI is InChI=1S/C27H36N2O6/c1-16(25(32)35-3)28-24(31)11-19-13-27(33)23-10-18-6-7-20(34-2)12-21(18)26(27,14-22(19)30)8-9-29(23)15-17-4-5-17/h6-7,12,16-17,19,23,33H,4-5,8-11,13-15H2,1-3H3,(H,28,31)/t16?,19-,23+,26+,27+/m0/s1. The average molecular weight is 485 g/mol. The van der Waals surface area contributed by atoms with Crippen molar-refractivity contribution in [2.75, 3.05) is 27.3 Å². The van der Waals surface area contributed by atoms with Gasteiger partial charge in [0, 0.05) is 36.8 Å². The number of piperidine rings is 1. The number of ether oxygens (including phenoxy) is 2. The first kappa shape index (κ1) is 24.3. The molecule has 35 heavy (non-hydrogen) atoms. The van der Waals surface area contributed by atoms with Gasteiger partial charge in [-0.1, -0.05) is 6.07 Å². The third-order valence-electron chi connectivity index (χ3n) is 8.93. The van der Waals surface area contributed by atoms with Crippen LogP contribution in [0.15, 0.2) is 18.2 Å². The van der Waals surface area contributed by atoms with Gasteiger partial charge < -0.3 is 19.9 Å². The Bertz CT molecular complexity index is 1040. The van der Waals surface area contributed by atoms with Crippen LogP contribution in [-0.2, 0) is 31.0 Å². The highest BCUT2D eigenvalue weighted by Crippen LogP contribution is 2.59. The molecule has 1 unspecified atom stereocenters. The normalized spacial score (nSPS) is 32.7. The fraction of sp³-hybridized carbons (Fsp3) is 0.667. The summed E-state index contributed by atoms with van der Waals surface area (Å²) in [4.78, 5) is 40.4. The predicted octanol–water partition coefficient (Wildman–Crippen LogP) is 1.75. The number of ketones is 1. The maximum absolute atomic E-state index is 13.5. The van der Waals surface area contributed by atoms with Crippen LogP contribution < -0.4 is 10.1 Å². The lowest BCUT2D eigenvalue weighted by Gasteiger charge is -2.64. The smallest absolute Gasteiger partial charge is 0.328 e. The minimum Gasteiger partial charge on any atom is -0.497 e. The molecule has 1 aliphatic heterocycles. The highest BCUT2D eigenvalue weighted by molar-refractivity contribution is 5.91. The van der Waals surface area contributed by atoms with Crippen LogP contribution in [0.1, 0.15) is 56.6 Å². The fourth-order valence-electron chi connectivity index (χ4n) is 6.90. The molecule has 3 fully saturated rings. The van der Waals surface area contributed by atoms with E-state index in [1.165, 1.54) is 25.5 Å². The maximum atomic E-state index is 13.5. The Hall–Kier alpha value is -2.45. The number of benzene rings is 1. The molecule has 4 aliphatic rings. The van der Waals surface area contributed by atoms with Crippen LogP contribution >= 0.6 is 0 Å². The Balaban J connectivity index is 1.46. The van der Waals surface area contributed by atoms with Crippen molar-refractivity contribution in [2.24, 2.45) is 11.8 Å². The lowest BCUT2D eigenvalue weighted by molar-refractivity contribution is -0.182. The summed E-state index contributed by atoms with van der Waals surface area (Å²) in [5.74, 6) is -0.0816. The van der Waals surface area contributed by atoms with Crippen LogP contribution in [0.3, 0.4) is 0 Å². The van der Waals surface area contributed by atoms with E-state index in [9.17, 15) is 19.5 Å². The number of hydrogen-bond acceptors (Lipinski definition) is 7. The third-order valence-corrected chi connectivity index (χ3v) is 8.93. The van der Waals surface area contributed by atoms with E-state index in [2.05, 4.69) is 21.0 Å². The molecule has 3 aliphatic carbocycles. The second kappa shape index (κ2) is 8.89. The van der Waals surface area contributed by atoms with Gasteiger partial charge in [0.05, 0.1) is 19.8 Å². The summed E-state index contributed by atoms with van der Waals surface area (Å²) >= 11 is 0. The molecule has 1 saturated heterocycles. The van der Waals surface area contributed by atoms with E-state index in [1.54, 1.807) is 14.0 Å². The molecule has 0 aromatic heterocycles. The number of hydrogen-bond donors (Lipinski definition) is 2. The van der Waals surface area contributed by atoms with E-state index in [-0.39, 0.29) is 37.0 Å². The third kappa shape index (κ3) is 4.04. The van der Waals surface area contributed by atoms with Gasteiger partial charge in [-0.25, -0.2) is 4.79 Å². The number of esters is 1. The van der Waals surface area contributed by atoms with E-state index in [0.717, 1.165) is 30.8 Å². The van der Waals surface area contributed by atoms with Crippen molar-refractivity contribution in [3.63, 3.8) is 0 Å². The van der Waals surface area contributed by atoms with E-state index in [0.29, 0.717) is 12.3 Å². The van der Waals surface area contributed by atoms with Crippen molar-refractivity contribution in [3.05, 3.63) is 29.3 Å². The van der Waals surface area contributed by atoms with Crippen molar-refractivity contribution in [2.45, 2.75) is 75.0 Å². The number of Topliss-reactive ketones (excluding diaryl/α,β-unsaturated/α-hetero) is 1. The van der Waals surface area contributed by atoms with Crippen molar-refractivity contribution in [1.29, 1.82) is 0 Å². The maximum Gasteiger partial charge on any atom is 0.328 e. The van der Waals surface area contributed by atoms with Gasteiger partial charge in [-0.15, -0.1) is 0 Å². The molecule has 1 heterocycles. The van der Waals surface area contributed by atoms with Crippen molar-refractivity contribution < 1.29 is 29.0 Å². The molecule has 1 aromatic carbocycles. The van der Waals surface area contributed by atoms with Crippen LogP contribution in [0, 0.1) is 11.8 Å². The summed E-state index contributed by atoms with van der Waals surface area (Å²) < 4.78 is 10.2. The zero-order valence-corrected chi connectivity index (χ0v) is 20.8. The van der Waals surface area contributed by atoms with E-state index in [1.807, 2.05) is 12.1 Å². The van der Waals surface area contributed by atoms with E-state index >= 15 is 0 Å². The Morgan fingerprint density at radius 1 is 1.29 bits per heavy atom. The number of carbonyl (C=O) groups is 3. The molecule has 190 valence electrons. The Morgan fingerprint density at radius 2 is 2.06 bits per heavy atom. The number of nitrogens with one attached hydrogen (secondary N) is 1. The molecular formula is C27H36N2O6. The number of carbonyl (C=O) groups excluding carboxylic acids is 3. The van der Waals surface area contributed by atoms with Crippen molar-refractivity contribution in [3.8, 4) is 5.75 Å². The first-order chi connectivity index (χ1) is 16.7. The first-order valence-electron chi connectivity index (χ1n) is 12.7. The summed E-state index contributed by atoms with van der Waals surface area (Å²) in [7, 11) is 2.90. The SMILES string of the molecule is COC(=O)C(C)NC(=O)C[C@H]1C[C@@]2(O)[C@H]3Cc4ccc(OC)cc4[C@@]2(CCN3CC2CC2)CC1=O. The minimum atomic E-state index is -1.12. The van der Waals surface area contributed by atoms with Gasteiger partial charge in [0.1, 0.15) is 17.6 Å². The number of methoxy groups -OCH3 is 2. The number of fused-ring (bicyclic) bond motifs is 1. The first-order valence-corrected chi connectivity index (χ1v) is 12.7. The second-order valence-corrected chi connectivity index (χ2v) is 11.0. The summed E-state index contributed by atoms with van der Waals surface area (Å²) in [6.07, 6.45) is 4.31. The molecule has 2 N–H and O–H groups in total. The molecular weight excluding hydrogens is 448 g/mol. The number of rotatable bonds is 7. The summed E-state index contributed by atoms with van der Waals surface area (Å²) in [5, 5.41) is 15.2. The molecule has 0 radical (unpaired) electrons. The second-order valence-electron chi connectivity index (χ2n) is 11.0. The lowest BCUT2D eigenvalue weighted by Crippen LogP contribution is -2.74. The van der Waals surface area contributed by atoms with Crippen LogP contribution in [0.5, 0.6) is 5.75 Å². The highest BCUT2D eigenvalue weighted by atomic mass is 16.5. The monoisotopic (exact) mass is 484 g/mol. The molecule has 0 spiro atoms. The summed E-state index contributed by atoms with van der Waals surface area (Å²) in [6, 6.07) is 5.17. The van der Waals surface area contributed by atoms with Crippen LogP contribution in [0.2, 0.25) is 0 Å². The number of amides is 1. The Kier molecular flexibility index (Phi) is 6.16. The summed E-state index contributed by atoms with van der Waals surface area (Å²) in [6.45, 7) is 3.39. The number of likely N-dealkylation sites (tertiary alicyclic amines) is 1. The molecule has 5 atom stereocenters. The van der Waals surface area contributed by atoms with Gasteiger partial charge >= 0.3 is 5.97 Å². The fourth-order valence-corrected chi connectivity index (χ4v) is 6.90. The Labute approximate surface area is 206 Å². The van der Waals surface area contributed by atoms with E-state index in [4.69, 9.17) is 4.74 Å². The van der Waals surface area contributed by atoms with Crippen LogP contribution in [0.4, 0.5) is 0 Å². The van der Waals surface area contributed by atoms with Gasteiger partial charge in [-0.2, -0.15) is 0 Å². The van der Waals surface area contributed by atoms with Gasteiger partial charge in [-0.05, 0) is 74.8 Å². The Morgan fingerprint density at radius 3 is 2.74 bits per heavy atom. The van der Waals surface area contributed by atoms with Crippen LogP contribution in [-0.4, -0.2) is 72.7 Å². The molecule has 1 amide bonds. The average Bonchev–Trinajstić information content (AvgIpc) is 3.65. The molecule has 2 saturated carbocycles.